The van der Waals surface area contributed by atoms with Crippen molar-refractivity contribution < 1.29 is 18.7 Å². The Morgan fingerprint density at radius 3 is 2.71 bits per heavy atom. The second kappa shape index (κ2) is 4.89. The second-order valence-corrected chi connectivity index (χ2v) is 4.19. The molecule has 0 aliphatic heterocycles. The van der Waals surface area contributed by atoms with Gasteiger partial charge in [0.05, 0.1) is 7.11 Å². The smallest absolute Gasteiger partial charge is 0.171 e. The van der Waals surface area contributed by atoms with Crippen molar-refractivity contribution in [2.45, 2.75) is 6.10 Å². The predicted molar refractivity (Wildman–Crippen MR) is 63.4 cm³/mol. The standard InChI is InChI=1S/C12H10BrFO3/c1-16-8-4-2-3-7(11(8)14)12(15)9-5-6-10(13)17-9/h2-6,12,15H,1H3. The Balaban J connectivity index is 2.40. The average molecular weight is 301 g/mol. The first-order chi connectivity index (χ1) is 8.13. The van der Waals surface area contributed by atoms with Gasteiger partial charge in [0.1, 0.15) is 11.9 Å². The fourth-order valence-corrected chi connectivity index (χ4v) is 1.84. The number of halogens is 2. The Labute approximate surface area is 106 Å². The van der Waals surface area contributed by atoms with Crippen LogP contribution in [0.1, 0.15) is 17.4 Å². The number of hydrogen-bond donors (Lipinski definition) is 1. The van der Waals surface area contributed by atoms with E-state index in [-0.39, 0.29) is 17.1 Å². The van der Waals surface area contributed by atoms with Crippen molar-refractivity contribution in [2.75, 3.05) is 7.11 Å². The summed E-state index contributed by atoms with van der Waals surface area (Å²) in [7, 11) is 1.37. The summed E-state index contributed by atoms with van der Waals surface area (Å²) in [5.41, 5.74) is 0.117. The van der Waals surface area contributed by atoms with Gasteiger partial charge in [-0.05, 0) is 34.1 Å². The van der Waals surface area contributed by atoms with Gasteiger partial charge in [-0.3, -0.25) is 0 Å². The van der Waals surface area contributed by atoms with Gasteiger partial charge in [-0.25, -0.2) is 4.39 Å². The van der Waals surface area contributed by atoms with E-state index in [0.717, 1.165) is 0 Å². The highest BCUT2D eigenvalue weighted by molar-refractivity contribution is 9.10. The van der Waals surface area contributed by atoms with Crippen LogP contribution in [0.4, 0.5) is 4.39 Å². The van der Waals surface area contributed by atoms with Gasteiger partial charge in [0, 0.05) is 5.56 Å². The van der Waals surface area contributed by atoms with E-state index in [1.54, 1.807) is 18.2 Å². The van der Waals surface area contributed by atoms with Gasteiger partial charge in [-0.1, -0.05) is 12.1 Å². The average Bonchev–Trinajstić information content (AvgIpc) is 2.75. The summed E-state index contributed by atoms with van der Waals surface area (Å²) in [6.07, 6.45) is -1.16. The summed E-state index contributed by atoms with van der Waals surface area (Å²) in [5.74, 6) is -0.230. The van der Waals surface area contributed by atoms with Crippen LogP contribution in [0.25, 0.3) is 0 Å². The fourth-order valence-electron chi connectivity index (χ4n) is 1.53. The number of aliphatic hydroxyl groups is 1. The summed E-state index contributed by atoms with van der Waals surface area (Å²) in [6.45, 7) is 0. The maximum Gasteiger partial charge on any atom is 0.171 e. The van der Waals surface area contributed by atoms with Gasteiger partial charge in [-0.2, -0.15) is 0 Å². The maximum atomic E-state index is 13.9. The molecule has 1 heterocycles. The molecule has 1 aromatic carbocycles. The molecule has 0 radical (unpaired) electrons. The molecule has 1 N–H and O–H groups in total. The third kappa shape index (κ3) is 2.35. The summed E-state index contributed by atoms with van der Waals surface area (Å²) >= 11 is 3.12. The Morgan fingerprint density at radius 1 is 1.35 bits per heavy atom. The van der Waals surface area contributed by atoms with Crippen LogP contribution in [0.5, 0.6) is 5.75 Å². The lowest BCUT2D eigenvalue weighted by atomic mass is 10.1. The first-order valence-corrected chi connectivity index (χ1v) is 5.68. The molecule has 0 fully saturated rings. The first kappa shape index (κ1) is 12.1. The van der Waals surface area contributed by atoms with Gasteiger partial charge in [-0.15, -0.1) is 0 Å². The van der Waals surface area contributed by atoms with Gasteiger partial charge < -0.3 is 14.3 Å². The molecule has 0 amide bonds. The van der Waals surface area contributed by atoms with E-state index in [1.165, 1.54) is 19.2 Å². The van der Waals surface area contributed by atoms with E-state index in [4.69, 9.17) is 9.15 Å². The van der Waals surface area contributed by atoms with E-state index < -0.39 is 11.9 Å². The third-order valence-electron chi connectivity index (χ3n) is 2.37. The summed E-state index contributed by atoms with van der Waals surface area (Å²) in [4.78, 5) is 0. The SMILES string of the molecule is COc1cccc(C(O)c2ccc(Br)o2)c1F. The topological polar surface area (TPSA) is 42.6 Å². The Hall–Kier alpha value is -1.33. The van der Waals surface area contributed by atoms with E-state index in [1.807, 2.05) is 0 Å². The molecule has 0 aliphatic rings. The fraction of sp³-hybridized carbons (Fsp3) is 0.167. The van der Waals surface area contributed by atoms with Gasteiger partial charge in [0.15, 0.2) is 16.2 Å². The zero-order chi connectivity index (χ0) is 12.4. The van der Waals surface area contributed by atoms with E-state index in [0.29, 0.717) is 4.67 Å². The molecule has 1 atom stereocenters. The zero-order valence-electron chi connectivity index (χ0n) is 8.98. The summed E-state index contributed by atoms with van der Waals surface area (Å²) in [5, 5.41) is 10.00. The van der Waals surface area contributed by atoms with Crippen molar-refractivity contribution in [1.82, 2.24) is 0 Å². The molecule has 0 saturated carbocycles. The van der Waals surface area contributed by atoms with Crippen LogP contribution in [0.3, 0.4) is 0 Å². The number of ether oxygens (including phenoxy) is 1. The minimum Gasteiger partial charge on any atom is -0.494 e. The van der Waals surface area contributed by atoms with Gasteiger partial charge in [0.2, 0.25) is 0 Å². The van der Waals surface area contributed by atoms with Crippen molar-refractivity contribution in [3.8, 4) is 5.75 Å². The molecule has 2 rings (SSSR count). The molecule has 0 saturated heterocycles. The van der Waals surface area contributed by atoms with Gasteiger partial charge >= 0.3 is 0 Å². The molecule has 0 spiro atoms. The Bertz CT molecular complexity index is 524. The highest BCUT2D eigenvalue weighted by Gasteiger charge is 2.20. The molecular formula is C12H10BrFO3. The van der Waals surface area contributed by atoms with Crippen LogP contribution in [-0.4, -0.2) is 12.2 Å². The zero-order valence-corrected chi connectivity index (χ0v) is 10.6. The third-order valence-corrected chi connectivity index (χ3v) is 2.80. The van der Waals surface area contributed by atoms with Crippen molar-refractivity contribution in [3.05, 3.63) is 52.1 Å². The van der Waals surface area contributed by atoms with Crippen molar-refractivity contribution >= 4 is 15.9 Å². The summed E-state index contributed by atoms with van der Waals surface area (Å²) < 4.78 is 24.4. The van der Waals surface area contributed by atoms with E-state index in [9.17, 15) is 9.50 Å². The van der Waals surface area contributed by atoms with Crippen LogP contribution >= 0.6 is 15.9 Å². The second-order valence-electron chi connectivity index (χ2n) is 3.41. The molecule has 5 heteroatoms. The molecule has 17 heavy (non-hydrogen) atoms. The minimum atomic E-state index is -1.16. The largest absolute Gasteiger partial charge is 0.494 e. The lowest BCUT2D eigenvalue weighted by Crippen LogP contribution is -2.02. The predicted octanol–water partition coefficient (Wildman–Crippen LogP) is 3.27. The van der Waals surface area contributed by atoms with Crippen LogP contribution < -0.4 is 4.74 Å². The van der Waals surface area contributed by atoms with Crippen molar-refractivity contribution in [1.29, 1.82) is 0 Å². The van der Waals surface area contributed by atoms with E-state index in [2.05, 4.69) is 15.9 Å². The molecular weight excluding hydrogens is 291 g/mol. The molecule has 1 aromatic heterocycles. The Kier molecular flexibility index (Phi) is 3.49. The van der Waals surface area contributed by atoms with Crippen molar-refractivity contribution in [3.63, 3.8) is 0 Å². The number of furan rings is 1. The quantitative estimate of drug-likeness (QED) is 0.946. The van der Waals surface area contributed by atoms with Crippen LogP contribution in [0.15, 0.2) is 39.4 Å². The van der Waals surface area contributed by atoms with Gasteiger partial charge in [0.25, 0.3) is 0 Å². The molecule has 1 unspecified atom stereocenters. The maximum absolute atomic E-state index is 13.9. The highest BCUT2D eigenvalue weighted by atomic mass is 79.9. The normalized spacial score (nSPS) is 12.5. The van der Waals surface area contributed by atoms with Crippen molar-refractivity contribution in [2.24, 2.45) is 0 Å². The lowest BCUT2D eigenvalue weighted by molar-refractivity contribution is 0.182. The van der Waals surface area contributed by atoms with E-state index >= 15 is 0 Å². The van der Waals surface area contributed by atoms with Crippen LogP contribution in [-0.2, 0) is 0 Å². The lowest BCUT2D eigenvalue weighted by Gasteiger charge is -2.11. The highest BCUT2D eigenvalue weighted by Crippen LogP contribution is 2.30. The van der Waals surface area contributed by atoms with Crippen LogP contribution in [0, 0.1) is 5.82 Å². The minimum absolute atomic E-state index is 0.0900. The first-order valence-electron chi connectivity index (χ1n) is 4.89. The molecule has 3 nitrogen and oxygen atoms in total. The number of methoxy groups -OCH3 is 1. The molecule has 0 bridgehead atoms. The summed E-state index contributed by atoms with van der Waals surface area (Å²) in [6, 6.07) is 7.80. The number of aliphatic hydroxyl groups excluding tert-OH is 1. The monoisotopic (exact) mass is 300 g/mol. The number of hydrogen-bond acceptors (Lipinski definition) is 3. The number of rotatable bonds is 3. The molecule has 2 aromatic rings. The Morgan fingerprint density at radius 2 is 2.12 bits per heavy atom. The molecule has 90 valence electrons. The van der Waals surface area contributed by atoms with Crippen LogP contribution in [0.2, 0.25) is 0 Å². The molecule has 0 aliphatic carbocycles. The number of benzene rings is 1.